The maximum Gasteiger partial charge on any atom is 0.222 e. The Morgan fingerprint density at radius 1 is 1.22 bits per heavy atom. The molecule has 94 valence electrons. The molecular formula is C13H16N4O. The third-order valence-electron chi connectivity index (χ3n) is 2.34. The van der Waals surface area contributed by atoms with E-state index >= 15 is 0 Å². The van der Waals surface area contributed by atoms with E-state index in [-0.39, 0.29) is 0 Å². The van der Waals surface area contributed by atoms with Crippen LogP contribution in [0.3, 0.4) is 0 Å². The summed E-state index contributed by atoms with van der Waals surface area (Å²) < 4.78 is 5.54. The minimum Gasteiger partial charge on any atom is -0.490 e. The normalized spacial score (nSPS) is 10.1. The Hall–Kier alpha value is -2.30. The number of ether oxygens (including phenoxy) is 1. The highest BCUT2D eigenvalue weighted by atomic mass is 16.5. The standard InChI is InChI=1S/C13H16N4O/c1-10-8-16-13(17-9-10)15-6-7-18-12-5-3-2-4-11(12)14/h2-5,8-9H,6-7,14H2,1H3,(H,15,16,17). The lowest BCUT2D eigenvalue weighted by molar-refractivity contribution is 0.334. The minimum absolute atomic E-state index is 0.505. The molecule has 0 aliphatic rings. The van der Waals surface area contributed by atoms with Crippen LogP contribution in [0.5, 0.6) is 5.75 Å². The number of para-hydroxylation sites is 2. The SMILES string of the molecule is Cc1cnc(NCCOc2ccccc2N)nc1. The molecule has 2 aromatic rings. The van der Waals surface area contributed by atoms with Gasteiger partial charge in [0.25, 0.3) is 0 Å². The topological polar surface area (TPSA) is 73.1 Å². The van der Waals surface area contributed by atoms with Crippen LogP contribution in [-0.4, -0.2) is 23.1 Å². The second kappa shape index (κ2) is 5.86. The highest BCUT2D eigenvalue weighted by molar-refractivity contribution is 5.51. The second-order valence-electron chi connectivity index (χ2n) is 3.90. The van der Waals surface area contributed by atoms with Gasteiger partial charge in [0, 0.05) is 12.4 Å². The number of anilines is 2. The van der Waals surface area contributed by atoms with Crippen molar-refractivity contribution in [3.05, 3.63) is 42.2 Å². The summed E-state index contributed by atoms with van der Waals surface area (Å²) in [7, 11) is 0. The Morgan fingerprint density at radius 2 is 1.94 bits per heavy atom. The summed E-state index contributed by atoms with van der Waals surface area (Å²) in [4.78, 5) is 8.28. The molecule has 0 amide bonds. The predicted molar refractivity (Wildman–Crippen MR) is 71.6 cm³/mol. The fourth-order valence-electron chi connectivity index (χ4n) is 1.42. The van der Waals surface area contributed by atoms with Crippen molar-refractivity contribution in [1.29, 1.82) is 0 Å². The summed E-state index contributed by atoms with van der Waals surface area (Å²) in [6.45, 7) is 3.08. The zero-order valence-corrected chi connectivity index (χ0v) is 10.3. The van der Waals surface area contributed by atoms with Crippen molar-refractivity contribution >= 4 is 11.6 Å². The lowest BCUT2D eigenvalue weighted by atomic mass is 10.3. The first-order chi connectivity index (χ1) is 8.75. The highest BCUT2D eigenvalue weighted by Gasteiger charge is 1.98. The number of aromatic nitrogens is 2. The van der Waals surface area contributed by atoms with Crippen molar-refractivity contribution in [2.45, 2.75) is 6.92 Å². The molecule has 5 nitrogen and oxygen atoms in total. The molecule has 5 heteroatoms. The van der Waals surface area contributed by atoms with E-state index < -0.39 is 0 Å². The second-order valence-corrected chi connectivity index (χ2v) is 3.90. The van der Waals surface area contributed by atoms with Crippen molar-refractivity contribution in [2.24, 2.45) is 0 Å². The van der Waals surface area contributed by atoms with E-state index in [1.54, 1.807) is 12.4 Å². The van der Waals surface area contributed by atoms with Crippen LogP contribution in [0, 0.1) is 6.92 Å². The molecule has 3 N–H and O–H groups in total. The fraction of sp³-hybridized carbons (Fsp3) is 0.231. The Morgan fingerprint density at radius 3 is 2.67 bits per heavy atom. The zero-order chi connectivity index (χ0) is 12.8. The molecule has 0 saturated carbocycles. The van der Waals surface area contributed by atoms with Crippen LogP contribution in [0.1, 0.15) is 5.56 Å². The quantitative estimate of drug-likeness (QED) is 0.620. The van der Waals surface area contributed by atoms with Gasteiger partial charge in [-0.3, -0.25) is 0 Å². The lowest BCUT2D eigenvalue weighted by Crippen LogP contribution is -2.13. The largest absolute Gasteiger partial charge is 0.490 e. The van der Waals surface area contributed by atoms with Crippen LogP contribution in [0.25, 0.3) is 0 Å². The van der Waals surface area contributed by atoms with E-state index in [4.69, 9.17) is 10.5 Å². The molecule has 2 rings (SSSR count). The van der Waals surface area contributed by atoms with Gasteiger partial charge in [0.2, 0.25) is 5.95 Å². The van der Waals surface area contributed by atoms with E-state index in [0.29, 0.717) is 30.5 Å². The third-order valence-corrected chi connectivity index (χ3v) is 2.34. The first-order valence-corrected chi connectivity index (χ1v) is 5.75. The van der Waals surface area contributed by atoms with Crippen molar-refractivity contribution < 1.29 is 4.74 Å². The van der Waals surface area contributed by atoms with Crippen LogP contribution < -0.4 is 15.8 Å². The summed E-state index contributed by atoms with van der Waals surface area (Å²) >= 11 is 0. The summed E-state index contributed by atoms with van der Waals surface area (Å²) in [5, 5.41) is 3.07. The molecule has 1 aromatic heterocycles. The molecule has 0 aliphatic carbocycles. The number of hydrogen-bond donors (Lipinski definition) is 2. The van der Waals surface area contributed by atoms with Gasteiger partial charge in [-0.1, -0.05) is 12.1 Å². The van der Waals surface area contributed by atoms with Crippen molar-refractivity contribution in [3.8, 4) is 5.75 Å². The zero-order valence-electron chi connectivity index (χ0n) is 10.3. The summed E-state index contributed by atoms with van der Waals surface area (Å²) in [6.07, 6.45) is 3.54. The maximum absolute atomic E-state index is 5.76. The van der Waals surface area contributed by atoms with Crippen LogP contribution >= 0.6 is 0 Å². The number of nitrogens with one attached hydrogen (secondary N) is 1. The molecule has 18 heavy (non-hydrogen) atoms. The number of rotatable bonds is 5. The molecule has 0 saturated heterocycles. The van der Waals surface area contributed by atoms with Gasteiger partial charge in [-0.15, -0.1) is 0 Å². The number of aryl methyl sites for hydroxylation is 1. The summed E-state index contributed by atoms with van der Waals surface area (Å²) in [6, 6.07) is 7.42. The Labute approximate surface area is 106 Å². The Kier molecular flexibility index (Phi) is 3.96. The number of nitrogen functional groups attached to an aromatic ring is 1. The Balaban J connectivity index is 1.76. The van der Waals surface area contributed by atoms with Gasteiger partial charge in [-0.25, -0.2) is 9.97 Å². The molecular weight excluding hydrogens is 228 g/mol. The molecule has 0 radical (unpaired) electrons. The first kappa shape index (κ1) is 12.2. The van der Waals surface area contributed by atoms with Crippen molar-refractivity contribution in [1.82, 2.24) is 9.97 Å². The van der Waals surface area contributed by atoms with Gasteiger partial charge >= 0.3 is 0 Å². The van der Waals surface area contributed by atoms with Gasteiger partial charge in [-0.05, 0) is 24.6 Å². The minimum atomic E-state index is 0.505. The predicted octanol–water partition coefficient (Wildman–Crippen LogP) is 1.86. The van der Waals surface area contributed by atoms with Gasteiger partial charge in [0.05, 0.1) is 12.2 Å². The fourth-order valence-corrected chi connectivity index (χ4v) is 1.42. The van der Waals surface area contributed by atoms with Crippen molar-refractivity contribution in [2.75, 3.05) is 24.2 Å². The van der Waals surface area contributed by atoms with E-state index in [1.165, 1.54) is 0 Å². The van der Waals surface area contributed by atoms with E-state index in [0.717, 1.165) is 5.56 Å². The third kappa shape index (κ3) is 3.35. The number of hydrogen-bond acceptors (Lipinski definition) is 5. The molecule has 0 unspecified atom stereocenters. The molecule has 1 aromatic carbocycles. The van der Waals surface area contributed by atoms with Crippen LogP contribution in [0.15, 0.2) is 36.7 Å². The van der Waals surface area contributed by atoms with E-state index in [9.17, 15) is 0 Å². The molecule has 0 atom stereocenters. The highest BCUT2D eigenvalue weighted by Crippen LogP contribution is 2.19. The molecule has 0 bridgehead atoms. The molecule has 1 heterocycles. The number of nitrogens with zero attached hydrogens (tertiary/aromatic N) is 2. The van der Waals surface area contributed by atoms with Crippen molar-refractivity contribution in [3.63, 3.8) is 0 Å². The number of nitrogens with two attached hydrogens (primary N) is 1. The molecule has 0 spiro atoms. The summed E-state index contributed by atoms with van der Waals surface area (Å²) in [5.41, 5.74) is 7.44. The number of benzene rings is 1. The van der Waals surface area contributed by atoms with Crippen LogP contribution in [0.2, 0.25) is 0 Å². The van der Waals surface area contributed by atoms with Gasteiger partial charge in [0.15, 0.2) is 0 Å². The maximum atomic E-state index is 5.76. The summed E-state index contributed by atoms with van der Waals surface area (Å²) in [5.74, 6) is 1.30. The van der Waals surface area contributed by atoms with Crippen LogP contribution in [-0.2, 0) is 0 Å². The molecule has 0 aliphatic heterocycles. The van der Waals surface area contributed by atoms with Crippen LogP contribution in [0.4, 0.5) is 11.6 Å². The van der Waals surface area contributed by atoms with E-state index in [2.05, 4.69) is 15.3 Å². The van der Waals surface area contributed by atoms with E-state index in [1.807, 2.05) is 31.2 Å². The average molecular weight is 244 g/mol. The first-order valence-electron chi connectivity index (χ1n) is 5.75. The molecule has 0 fully saturated rings. The smallest absolute Gasteiger partial charge is 0.222 e. The lowest BCUT2D eigenvalue weighted by Gasteiger charge is -2.09. The van der Waals surface area contributed by atoms with Gasteiger partial charge < -0.3 is 15.8 Å². The van der Waals surface area contributed by atoms with Gasteiger partial charge in [0.1, 0.15) is 12.4 Å². The average Bonchev–Trinajstić information content (AvgIpc) is 2.39. The van der Waals surface area contributed by atoms with Gasteiger partial charge in [-0.2, -0.15) is 0 Å². The monoisotopic (exact) mass is 244 g/mol. The Bertz CT molecular complexity index is 499.